The number of piperidine rings is 1. The summed E-state index contributed by atoms with van der Waals surface area (Å²) < 4.78 is 27.1. The summed E-state index contributed by atoms with van der Waals surface area (Å²) >= 11 is 0. The number of benzene rings is 2. The number of hydrogen-bond acceptors (Lipinski definition) is 8. The average molecular weight is 792 g/mol. The number of aryl methyl sites for hydroxylation is 1. The van der Waals surface area contributed by atoms with Crippen molar-refractivity contribution in [1.29, 1.82) is 0 Å². The molecule has 0 bridgehead atoms. The highest BCUT2D eigenvalue weighted by molar-refractivity contribution is 7.89. The van der Waals surface area contributed by atoms with E-state index < -0.39 is 46.0 Å². The number of rotatable bonds is 15. The predicted octanol–water partition coefficient (Wildman–Crippen LogP) is 4.14. The standard InChI is InChI=1S/C41H57N7O7S/c1-6-28(4)37-41(52)47-24-14-13-19-36(47)40(51)42-33(17-10-8-9-15-30(7-2)45-46-56(53,54)31-22-20-27(3)21-23-31)38(49)43-34(39(50)44-37)25-29-26-48(55-5)35-18-12-11-16-32(29)35/h11-12,16,18,20-23,26,28,33-34,36-37,46H,6-10,13-15,17,19,24-25H2,1-5H3,(H,42,51)(H,43,49)(H,44,50)/b45-30+/t28?,33-,34-,36+,37-/m0/s1. The number of hydrogen-bond donors (Lipinski definition) is 4. The number of carbonyl (C=O) groups excluding carboxylic acids is 4. The lowest BCUT2D eigenvalue weighted by Gasteiger charge is -2.39. The number of unbranched alkanes of at least 4 members (excludes halogenated alkanes) is 2. The van der Waals surface area contributed by atoms with Gasteiger partial charge in [-0.15, -0.1) is 0 Å². The molecule has 1 aromatic heterocycles. The van der Waals surface area contributed by atoms with Crippen LogP contribution in [0.25, 0.3) is 10.9 Å². The minimum absolute atomic E-state index is 0.121. The van der Waals surface area contributed by atoms with E-state index in [1.165, 1.54) is 12.1 Å². The van der Waals surface area contributed by atoms with Crippen molar-refractivity contribution in [3.63, 3.8) is 0 Å². The normalized spacial score (nSPS) is 21.9. The van der Waals surface area contributed by atoms with Gasteiger partial charge in [0.05, 0.1) is 10.4 Å². The van der Waals surface area contributed by atoms with Crippen LogP contribution in [0.3, 0.4) is 0 Å². The molecule has 2 aromatic carbocycles. The first-order valence-corrected chi connectivity index (χ1v) is 21.3. The van der Waals surface area contributed by atoms with Crippen molar-refractivity contribution in [1.82, 2.24) is 30.4 Å². The number of carbonyl (C=O) groups is 4. The smallest absolute Gasteiger partial charge is 0.276 e. The molecule has 0 spiro atoms. The fraction of sp³-hybridized carbons (Fsp3) is 0.537. The van der Waals surface area contributed by atoms with Crippen LogP contribution < -0.4 is 25.6 Å². The molecule has 304 valence electrons. The van der Waals surface area contributed by atoms with Gasteiger partial charge < -0.3 is 25.7 Å². The lowest BCUT2D eigenvalue weighted by atomic mass is 9.93. The SMILES string of the molecule is CC/C(CCCCC[C@@H]1NC(=O)[C@H]2CCCCN2C(=O)[C@H](C(C)CC)NC(=O)[C@H](Cc2cn(OC)c3ccccc23)NC1=O)=N\NS(=O)(=O)c1ccc(C)cc1. The molecule has 2 aliphatic heterocycles. The molecule has 4 amide bonds. The molecule has 3 heterocycles. The molecule has 56 heavy (non-hydrogen) atoms. The van der Waals surface area contributed by atoms with Crippen molar-refractivity contribution in [2.75, 3.05) is 13.7 Å². The maximum Gasteiger partial charge on any atom is 0.276 e. The zero-order valence-electron chi connectivity index (χ0n) is 33.2. The molecular weight excluding hydrogens is 735 g/mol. The maximum atomic E-state index is 14.2. The summed E-state index contributed by atoms with van der Waals surface area (Å²) in [5.41, 5.74) is 3.22. The van der Waals surface area contributed by atoms with Gasteiger partial charge >= 0.3 is 0 Å². The molecule has 5 atom stereocenters. The van der Waals surface area contributed by atoms with E-state index in [-0.39, 0.29) is 29.0 Å². The van der Waals surface area contributed by atoms with Crippen LogP contribution >= 0.6 is 0 Å². The lowest BCUT2D eigenvalue weighted by molar-refractivity contribution is -0.147. The van der Waals surface area contributed by atoms with Crippen molar-refractivity contribution in [3.8, 4) is 0 Å². The molecule has 14 nitrogen and oxygen atoms in total. The van der Waals surface area contributed by atoms with Crippen LogP contribution in [-0.2, 0) is 35.6 Å². The second-order valence-electron chi connectivity index (χ2n) is 15.0. The molecule has 15 heteroatoms. The maximum absolute atomic E-state index is 14.2. The third-order valence-corrected chi connectivity index (χ3v) is 12.3. The first-order chi connectivity index (χ1) is 26.9. The molecule has 2 fully saturated rings. The Labute approximate surface area is 330 Å². The van der Waals surface area contributed by atoms with E-state index >= 15 is 0 Å². The fourth-order valence-corrected chi connectivity index (χ4v) is 8.26. The Kier molecular flexibility index (Phi) is 14.5. The van der Waals surface area contributed by atoms with Crippen LogP contribution in [0.15, 0.2) is 64.7 Å². The van der Waals surface area contributed by atoms with E-state index in [4.69, 9.17) is 4.84 Å². The summed E-state index contributed by atoms with van der Waals surface area (Å²) in [7, 11) is -2.25. The summed E-state index contributed by atoms with van der Waals surface area (Å²) in [6.07, 6.45) is 7.81. The summed E-state index contributed by atoms with van der Waals surface area (Å²) in [6, 6.07) is 10.5. The van der Waals surface area contributed by atoms with Gasteiger partial charge in [-0.25, -0.2) is 4.83 Å². The first-order valence-electron chi connectivity index (χ1n) is 19.9. The minimum atomic E-state index is -3.80. The lowest BCUT2D eigenvalue weighted by Crippen LogP contribution is -2.64. The number of nitrogens with zero attached hydrogens (tertiary/aromatic N) is 3. The second kappa shape index (κ2) is 19.3. The number of hydrazone groups is 1. The molecular formula is C41H57N7O7S. The van der Waals surface area contributed by atoms with Crippen LogP contribution in [-0.4, -0.2) is 85.2 Å². The quantitative estimate of drug-likeness (QED) is 0.101. The Hall–Kier alpha value is -4.92. The number of para-hydroxylation sites is 1. The van der Waals surface area contributed by atoms with Gasteiger partial charge in [-0.3, -0.25) is 19.2 Å². The van der Waals surface area contributed by atoms with Crippen LogP contribution in [0, 0.1) is 12.8 Å². The number of fused-ring (bicyclic) bond motifs is 2. The third-order valence-electron chi connectivity index (χ3n) is 11.0. The van der Waals surface area contributed by atoms with Gasteiger partial charge in [-0.05, 0) is 81.5 Å². The van der Waals surface area contributed by atoms with Crippen LogP contribution in [0.5, 0.6) is 0 Å². The second-order valence-corrected chi connectivity index (χ2v) is 16.6. The third kappa shape index (κ3) is 10.3. The van der Waals surface area contributed by atoms with Gasteiger partial charge in [0.15, 0.2) is 0 Å². The first kappa shape index (κ1) is 42.2. The largest absolute Gasteiger partial charge is 0.417 e. The van der Waals surface area contributed by atoms with E-state index in [9.17, 15) is 27.6 Å². The van der Waals surface area contributed by atoms with Gasteiger partial charge in [0.2, 0.25) is 23.6 Å². The number of nitrogens with one attached hydrogen (secondary N) is 4. The molecule has 5 rings (SSSR count). The topological polar surface area (TPSA) is 180 Å². The molecule has 1 unspecified atom stereocenters. The van der Waals surface area contributed by atoms with Gasteiger partial charge in [0.25, 0.3) is 10.0 Å². The Morgan fingerprint density at radius 1 is 0.929 bits per heavy atom. The van der Waals surface area contributed by atoms with E-state index in [0.717, 1.165) is 34.9 Å². The van der Waals surface area contributed by atoms with Crippen molar-refractivity contribution in [2.24, 2.45) is 11.0 Å². The molecule has 0 radical (unpaired) electrons. The number of aromatic nitrogens is 1. The predicted molar refractivity (Wildman–Crippen MR) is 215 cm³/mol. The number of amides is 4. The number of sulfonamides is 1. The fourth-order valence-electron chi connectivity index (χ4n) is 7.41. The van der Waals surface area contributed by atoms with E-state index in [1.54, 1.807) is 35.1 Å². The van der Waals surface area contributed by atoms with Gasteiger partial charge in [0, 0.05) is 30.3 Å². The Morgan fingerprint density at radius 2 is 1.64 bits per heavy atom. The van der Waals surface area contributed by atoms with Crippen molar-refractivity contribution in [3.05, 3.63) is 65.9 Å². The molecule has 2 saturated heterocycles. The van der Waals surface area contributed by atoms with Gasteiger partial charge in [-0.1, -0.05) is 75.9 Å². The molecule has 0 saturated carbocycles. The molecule has 3 aromatic rings. The minimum Gasteiger partial charge on any atom is -0.417 e. The Morgan fingerprint density at radius 3 is 2.36 bits per heavy atom. The van der Waals surface area contributed by atoms with Crippen molar-refractivity contribution >= 4 is 50.3 Å². The highest BCUT2D eigenvalue weighted by atomic mass is 32.2. The Bertz CT molecular complexity index is 2000. The summed E-state index contributed by atoms with van der Waals surface area (Å²) in [4.78, 5) is 66.2. The highest BCUT2D eigenvalue weighted by Gasteiger charge is 2.41. The van der Waals surface area contributed by atoms with E-state index in [0.29, 0.717) is 63.6 Å². The molecule has 4 N–H and O–H groups in total. The molecule has 2 aliphatic rings. The van der Waals surface area contributed by atoms with Crippen molar-refractivity contribution < 1.29 is 32.4 Å². The Balaban J connectivity index is 1.33. The van der Waals surface area contributed by atoms with Gasteiger partial charge in [-0.2, -0.15) is 18.2 Å². The summed E-state index contributed by atoms with van der Waals surface area (Å²) in [5.74, 6) is -1.85. The van der Waals surface area contributed by atoms with Crippen LogP contribution in [0.1, 0.15) is 96.1 Å². The van der Waals surface area contributed by atoms with Crippen LogP contribution in [0.4, 0.5) is 0 Å². The monoisotopic (exact) mass is 791 g/mol. The summed E-state index contributed by atoms with van der Waals surface area (Å²) in [6.45, 7) is 8.04. The summed E-state index contributed by atoms with van der Waals surface area (Å²) in [5, 5.41) is 14.0. The van der Waals surface area contributed by atoms with Gasteiger partial charge in [0.1, 0.15) is 31.3 Å². The van der Waals surface area contributed by atoms with Crippen molar-refractivity contribution in [2.45, 2.75) is 127 Å². The molecule has 0 aliphatic carbocycles. The van der Waals surface area contributed by atoms with E-state index in [1.807, 2.05) is 52.0 Å². The zero-order valence-corrected chi connectivity index (χ0v) is 34.0. The highest BCUT2D eigenvalue weighted by Crippen LogP contribution is 2.25. The zero-order chi connectivity index (χ0) is 40.4. The van der Waals surface area contributed by atoms with Crippen LogP contribution in [0.2, 0.25) is 0 Å². The average Bonchev–Trinajstić information content (AvgIpc) is 3.56. The van der Waals surface area contributed by atoms with E-state index in [2.05, 4.69) is 25.9 Å².